The highest BCUT2D eigenvalue weighted by Crippen LogP contribution is 2.17. The van der Waals surface area contributed by atoms with Crippen molar-refractivity contribution in [2.75, 3.05) is 19.8 Å². The summed E-state index contributed by atoms with van der Waals surface area (Å²) in [6, 6.07) is 9.18. The van der Waals surface area contributed by atoms with E-state index in [1.807, 2.05) is 0 Å². The highest BCUT2D eigenvalue weighted by Gasteiger charge is 2.15. The summed E-state index contributed by atoms with van der Waals surface area (Å²) in [5.41, 5.74) is 1.37. The molecule has 0 bridgehead atoms. The minimum atomic E-state index is 0.439. The van der Waals surface area contributed by atoms with Crippen LogP contribution in [0.1, 0.15) is 31.4 Å². The van der Waals surface area contributed by atoms with Gasteiger partial charge in [-0.25, -0.2) is 0 Å². The van der Waals surface area contributed by atoms with Crippen LogP contribution in [-0.2, 0) is 4.74 Å². The largest absolute Gasteiger partial charge is 0.381 e. The van der Waals surface area contributed by atoms with Crippen molar-refractivity contribution in [3.05, 3.63) is 33.4 Å². The second kappa shape index (κ2) is 6.71. The Morgan fingerprint density at radius 1 is 1.41 bits per heavy atom. The van der Waals surface area contributed by atoms with E-state index in [4.69, 9.17) is 4.74 Å². The monoisotopic (exact) mass is 345 g/mol. The van der Waals surface area contributed by atoms with Crippen LogP contribution in [0.25, 0.3) is 0 Å². The van der Waals surface area contributed by atoms with E-state index in [-0.39, 0.29) is 0 Å². The number of benzene rings is 1. The van der Waals surface area contributed by atoms with E-state index in [1.54, 1.807) is 0 Å². The van der Waals surface area contributed by atoms with E-state index in [2.05, 4.69) is 59.1 Å². The minimum Gasteiger partial charge on any atom is -0.381 e. The Balaban J connectivity index is 1.72. The maximum atomic E-state index is 5.38. The van der Waals surface area contributed by atoms with Crippen molar-refractivity contribution < 1.29 is 4.74 Å². The molecule has 1 aromatic carbocycles. The van der Waals surface area contributed by atoms with Crippen molar-refractivity contribution in [2.45, 2.75) is 25.8 Å². The molecule has 17 heavy (non-hydrogen) atoms. The Hall–Kier alpha value is -0.130. The third-order valence-electron chi connectivity index (χ3n) is 3.40. The van der Waals surface area contributed by atoms with Gasteiger partial charge in [0.2, 0.25) is 0 Å². The summed E-state index contributed by atoms with van der Waals surface area (Å²) < 4.78 is 6.68. The molecule has 2 rings (SSSR count). The molecule has 1 N–H and O–H groups in total. The van der Waals surface area contributed by atoms with Crippen LogP contribution in [0.15, 0.2) is 24.3 Å². The maximum Gasteiger partial charge on any atom is 0.0495 e. The van der Waals surface area contributed by atoms with Gasteiger partial charge in [-0.05, 0) is 72.5 Å². The fourth-order valence-electron chi connectivity index (χ4n) is 2.18. The van der Waals surface area contributed by atoms with Crippen LogP contribution < -0.4 is 5.32 Å². The van der Waals surface area contributed by atoms with Gasteiger partial charge in [0.1, 0.15) is 0 Å². The zero-order valence-corrected chi connectivity index (χ0v) is 12.4. The lowest BCUT2D eigenvalue weighted by atomic mass is 10.0. The van der Waals surface area contributed by atoms with Gasteiger partial charge in [0.25, 0.3) is 0 Å². The normalized spacial score (nSPS) is 21.6. The molecule has 0 spiro atoms. The maximum absolute atomic E-state index is 5.38. The quantitative estimate of drug-likeness (QED) is 0.827. The van der Waals surface area contributed by atoms with Crippen molar-refractivity contribution >= 4 is 22.6 Å². The molecule has 1 saturated heterocycles. The van der Waals surface area contributed by atoms with Crippen LogP contribution in [0.3, 0.4) is 0 Å². The summed E-state index contributed by atoms with van der Waals surface area (Å²) in [7, 11) is 0. The van der Waals surface area contributed by atoms with E-state index in [0.717, 1.165) is 25.7 Å². The van der Waals surface area contributed by atoms with Gasteiger partial charge in [-0.2, -0.15) is 0 Å². The highest BCUT2D eigenvalue weighted by atomic mass is 127. The number of ether oxygens (including phenoxy) is 1. The van der Waals surface area contributed by atoms with Crippen molar-refractivity contribution in [1.29, 1.82) is 0 Å². The first-order chi connectivity index (χ1) is 8.25. The number of hydrogen-bond donors (Lipinski definition) is 1. The number of halogens is 1. The summed E-state index contributed by atoms with van der Waals surface area (Å²) in [5, 5.41) is 3.59. The zero-order valence-electron chi connectivity index (χ0n) is 10.3. The lowest BCUT2D eigenvalue weighted by Gasteiger charge is -2.15. The highest BCUT2D eigenvalue weighted by molar-refractivity contribution is 14.1. The molecule has 2 unspecified atom stereocenters. The van der Waals surface area contributed by atoms with Crippen molar-refractivity contribution in [3.8, 4) is 0 Å². The van der Waals surface area contributed by atoms with Crippen LogP contribution in [0.2, 0.25) is 0 Å². The summed E-state index contributed by atoms with van der Waals surface area (Å²) in [5.74, 6) is 0.770. The molecular weight excluding hydrogens is 325 g/mol. The average Bonchev–Trinajstić information content (AvgIpc) is 2.83. The molecule has 2 nitrogen and oxygen atoms in total. The molecule has 1 aliphatic rings. The number of rotatable bonds is 5. The van der Waals surface area contributed by atoms with Crippen LogP contribution in [-0.4, -0.2) is 19.8 Å². The Bertz CT molecular complexity index is 333. The van der Waals surface area contributed by atoms with Crippen molar-refractivity contribution in [2.24, 2.45) is 5.92 Å². The van der Waals surface area contributed by atoms with Crippen molar-refractivity contribution in [1.82, 2.24) is 5.32 Å². The topological polar surface area (TPSA) is 21.3 Å². The molecule has 0 radical (unpaired) electrons. The lowest BCUT2D eigenvalue weighted by Crippen LogP contribution is -2.22. The first-order valence-electron chi connectivity index (χ1n) is 6.32. The predicted molar refractivity (Wildman–Crippen MR) is 79.1 cm³/mol. The van der Waals surface area contributed by atoms with Crippen LogP contribution in [0, 0.1) is 9.49 Å². The minimum absolute atomic E-state index is 0.439. The Kier molecular flexibility index (Phi) is 5.25. The van der Waals surface area contributed by atoms with Gasteiger partial charge in [0.15, 0.2) is 0 Å². The van der Waals surface area contributed by atoms with E-state index in [1.165, 1.54) is 22.0 Å². The smallest absolute Gasteiger partial charge is 0.0495 e. The van der Waals surface area contributed by atoms with Gasteiger partial charge >= 0.3 is 0 Å². The number of hydrogen-bond acceptors (Lipinski definition) is 2. The van der Waals surface area contributed by atoms with Gasteiger partial charge in [0, 0.05) is 22.8 Å². The molecule has 1 aromatic rings. The second-order valence-corrected chi connectivity index (χ2v) is 5.99. The zero-order chi connectivity index (χ0) is 12.1. The number of nitrogens with one attached hydrogen (secondary N) is 1. The van der Waals surface area contributed by atoms with E-state index >= 15 is 0 Å². The molecule has 1 fully saturated rings. The molecule has 0 aromatic heterocycles. The van der Waals surface area contributed by atoms with E-state index in [0.29, 0.717) is 6.04 Å². The van der Waals surface area contributed by atoms with Crippen LogP contribution in [0.4, 0.5) is 0 Å². The molecule has 0 saturated carbocycles. The first kappa shape index (κ1) is 13.3. The molecule has 0 aliphatic carbocycles. The van der Waals surface area contributed by atoms with Gasteiger partial charge in [-0.3, -0.25) is 0 Å². The molecule has 1 aliphatic heterocycles. The Labute approximate surface area is 117 Å². The molecule has 3 heteroatoms. The summed E-state index contributed by atoms with van der Waals surface area (Å²) in [4.78, 5) is 0. The van der Waals surface area contributed by atoms with Crippen LogP contribution >= 0.6 is 22.6 Å². The fourth-order valence-corrected chi connectivity index (χ4v) is 2.54. The van der Waals surface area contributed by atoms with Gasteiger partial charge in [0.05, 0.1) is 0 Å². The predicted octanol–water partition coefficient (Wildman–Crippen LogP) is 3.37. The van der Waals surface area contributed by atoms with Crippen molar-refractivity contribution in [3.63, 3.8) is 0 Å². The molecule has 1 heterocycles. The third-order valence-corrected chi connectivity index (χ3v) is 4.12. The van der Waals surface area contributed by atoms with E-state index in [9.17, 15) is 0 Å². The molecule has 2 atom stereocenters. The van der Waals surface area contributed by atoms with Crippen LogP contribution in [0.5, 0.6) is 0 Å². The fraction of sp³-hybridized carbons (Fsp3) is 0.571. The lowest BCUT2D eigenvalue weighted by molar-refractivity contribution is 0.184. The second-order valence-electron chi connectivity index (χ2n) is 4.75. The van der Waals surface area contributed by atoms with Gasteiger partial charge < -0.3 is 10.1 Å². The summed E-state index contributed by atoms with van der Waals surface area (Å²) in [6.07, 6.45) is 2.47. The summed E-state index contributed by atoms with van der Waals surface area (Å²) >= 11 is 2.34. The Morgan fingerprint density at radius 2 is 2.18 bits per heavy atom. The third kappa shape index (κ3) is 4.23. The van der Waals surface area contributed by atoms with Gasteiger partial charge in [-0.1, -0.05) is 12.1 Å². The summed E-state index contributed by atoms with van der Waals surface area (Å²) in [6.45, 7) is 5.23. The molecule has 0 amide bonds. The van der Waals surface area contributed by atoms with E-state index < -0.39 is 0 Å². The first-order valence-corrected chi connectivity index (χ1v) is 7.40. The molecule has 94 valence electrons. The standard InChI is InChI=1S/C14H20INO/c1-11(13-2-4-14(15)5-3-13)16-8-6-12-7-9-17-10-12/h2-5,11-12,16H,6-10H2,1H3. The van der Waals surface area contributed by atoms with Gasteiger partial charge in [-0.15, -0.1) is 0 Å². The Morgan fingerprint density at radius 3 is 2.82 bits per heavy atom. The average molecular weight is 345 g/mol. The molecular formula is C14H20INO. The SMILES string of the molecule is CC(NCCC1CCOC1)c1ccc(I)cc1.